The Morgan fingerprint density at radius 1 is 0.792 bits per heavy atom. The Balaban J connectivity index is 2.19. The Hall–Kier alpha value is -2.61. The van der Waals surface area contributed by atoms with Crippen LogP contribution in [0.4, 0.5) is 0 Å². The van der Waals surface area contributed by atoms with Gasteiger partial charge in [0.2, 0.25) is 0 Å². The van der Waals surface area contributed by atoms with Crippen molar-refractivity contribution in [1.29, 1.82) is 0 Å². The molecule has 0 fully saturated rings. The predicted octanol–water partition coefficient (Wildman–Crippen LogP) is 5.26. The highest BCUT2D eigenvalue weighted by molar-refractivity contribution is 6.23. The summed E-state index contributed by atoms with van der Waals surface area (Å²) in [6, 6.07) is 16.7. The Morgan fingerprint density at radius 2 is 1.29 bits per heavy atom. The summed E-state index contributed by atoms with van der Waals surface area (Å²) < 4.78 is 0. The van der Waals surface area contributed by atoms with Crippen molar-refractivity contribution >= 4 is 33.0 Å². The van der Waals surface area contributed by atoms with Gasteiger partial charge in [0.1, 0.15) is 0 Å². The normalized spacial score (nSPS) is 13.9. The number of fused-ring (bicyclic) bond motifs is 6. The Labute approximate surface area is 142 Å². The molecule has 0 amide bonds. The summed E-state index contributed by atoms with van der Waals surface area (Å²) in [6.45, 7) is 6.22. The van der Waals surface area contributed by atoms with E-state index in [-0.39, 0.29) is 5.78 Å². The molecule has 0 aliphatic heterocycles. The highest BCUT2D eigenvalue weighted by atomic mass is 16.1. The number of rotatable bonds is 3. The molecule has 0 N–H and O–H groups in total. The number of nitrogens with zero attached hydrogens (tertiary/aromatic N) is 1. The average Bonchev–Trinajstić information content (AvgIpc) is 2.64. The summed E-state index contributed by atoms with van der Waals surface area (Å²) in [4.78, 5) is 15.2. The van der Waals surface area contributed by atoms with Crippen LogP contribution in [0.2, 0.25) is 0 Å². The lowest BCUT2D eigenvalue weighted by molar-refractivity contribution is 0.0995. The summed E-state index contributed by atoms with van der Waals surface area (Å²) in [5.74, 6) is 0.225. The smallest absolute Gasteiger partial charge is 0.168 e. The second kappa shape index (κ2) is 5.79. The molecule has 0 saturated heterocycles. The van der Waals surface area contributed by atoms with Gasteiger partial charge in [-0.1, -0.05) is 54.6 Å². The zero-order chi connectivity index (χ0) is 16.7. The molecule has 0 spiro atoms. The van der Waals surface area contributed by atoms with E-state index in [0.29, 0.717) is 6.42 Å². The molecule has 3 aromatic carbocycles. The molecule has 0 aromatic heterocycles. The first-order valence-electron chi connectivity index (χ1n) is 8.68. The maximum absolute atomic E-state index is 12.8. The van der Waals surface area contributed by atoms with Crippen LogP contribution in [0.3, 0.4) is 0 Å². The lowest BCUT2D eigenvalue weighted by Crippen LogP contribution is -2.25. The van der Waals surface area contributed by atoms with Crippen LogP contribution in [0, 0.1) is 0 Å². The standard InChI is InChI=1S/C22H21NO/c1-3-23(4-2)19-13-14-20(24)22-18-12-8-6-10-16(18)15-9-5-7-11-17(15)21(19)22/h5-13H,3-4,14H2,1-2H3. The van der Waals surface area contributed by atoms with Gasteiger partial charge >= 0.3 is 0 Å². The van der Waals surface area contributed by atoms with Gasteiger partial charge in [-0.3, -0.25) is 4.79 Å². The Morgan fingerprint density at radius 3 is 1.83 bits per heavy atom. The molecule has 0 atom stereocenters. The number of carbonyl (C=O) groups excluding carboxylic acids is 1. The molecule has 2 nitrogen and oxygen atoms in total. The molecule has 4 rings (SSSR count). The van der Waals surface area contributed by atoms with Gasteiger partial charge in [0.25, 0.3) is 0 Å². The fourth-order valence-electron chi connectivity index (χ4n) is 3.94. The number of hydrogen-bond donors (Lipinski definition) is 0. The minimum Gasteiger partial charge on any atom is -0.372 e. The van der Waals surface area contributed by atoms with Crippen LogP contribution in [-0.2, 0) is 0 Å². The van der Waals surface area contributed by atoms with Gasteiger partial charge in [-0.05, 0) is 35.4 Å². The van der Waals surface area contributed by atoms with E-state index < -0.39 is 0 Å². The van der Waals surface area contributed by atoms with Crippen molar-refractivity contribution in [3.05, 3.63) is 65.7 Å². The molecule has 3 aromatic rings. The predicted molar refractivity (Wildman–Crippen MR) is 101 cm³/mol. The van der Waals surface area contributed by atoms with Gasteiger partial charge in [-0.2, -0.15) is 0 Å². The summed E-state index contributed by atoms with van der Waals surface area (Å²) >= 11 is 0. The Kier molecular flexibility index (Phi) is 3.61. The van der Waals surface area contributed by atoms with Crippen LogP contribution < -0.4 is 0 Å². The lowest BCUT2D eigenvalue weighted by atomic mass is 9.84. The van der Waals surface area contributed by atoms with Crippen LogP contribution in [0.15, 0.2) is 54.6 Å². The number of ketones is 1. The van der Waals surface area contributed by atoms with E-state index in [0.717, 1.165) is 29.6 Å². The number of allylic oxidation sites excluding steroid dienone is 1. The number of carbonyl (C=O) groups is 1. The number of benzene rings is 3. The van der Waals surface area contributed by atoms with Gasteiger partial charge in [-0.25, -0.2) is 0 Å². The average molecular weight is 315 g/mol. The zero-order valence-electron chi connectivity index (χ0n) is 14.2. The molecule has 24 heavy (non-hydrogen) atoms. The molecular weight excluding hydrogens is 294 g/mol. The van der Waals surface area contributed by atoms with Crippen molar-refractivity contribution in [2.45, 2.75) is 20.3 Å². The van der Waals surface area contributed by atoms with Crippen LogP contribution in [0.5, 0.6) is 0 Å². The van der Waals surface area contributed by atoms with Crippen LogP contribution in [-0.4, -0.2) is 23.8 Å². The van der Waals surface area contributed by atoms with E-state index in [4.69, 9.17) is 0 Å². The van der Waals surface area contributed by atoms with Gasteiger partial charge in [-0.15, -0.1) is 0 Å². The van der Waals surface area contributed by atoms with E-state index in [1.165, 1.54) is 21.9 Å². The zero-order valence-corrected chi connectivity index (χ0v) is 14.2. The first kappa shape index (κ1) is 14.9. The van der Waals surface area contributed by atoms with Gasteiger partial charge in [0.05, 0.1) is 0 Å². The number of Topliss-reactive ketones (excluding diaryl/α,β-unsaturated/α-hetero) is 1. The third-order valence-corrected chi connectivity index (χ3v) is 5.05. The molecule has 1 aliphatic rings. The lowest BCUT2D eigenvalue weighted by Gasteiger charge is -2.30. The van der Waals surface area contributed by atoms with Crippen molar-refractivity contribution in [3.8, 4) is 0 Å². The molecule has 0 bridgehead atoms. The van der Waals surface area contributed by atoms with E-state index >= 15 is 0 Å². The summed E-state index contributed by atoms with van der Waals surface area (Å²) in [5.41, 5.74) is 3.22. The van der Waals surface area contributed by atoms with Crippen molar-refractivity contribution in [1.82, 2.24) is 4.90 Å². The summed E-state index contributed by atoms with van der Waals surface area (Å²) in [6.07, 6.45) is 2.60. The highest BCUT2D eigenvalue weighted by Gasteiger charge is 2.26. The minimum atomic E-state index is 0.225. The second-order valence-corrected chi connectivity index (χ2v) is 6.23. The maximum Gasteiger partial charge on any atom is 0.168 e. The van der Waals surface area contributed by atoms with E-state index in [9.17, 15) is 4.79 Å². The Bertz CT molecular complexity index is 980. The fraction of sp³-hybridized carbons (Fsp3) is 0.227. The van der Waals surface area contributed by atoms with Crippen LogP contribution >= 0.6 is 0 Å². The third kappa shape index (κ3) is 2.06. The molecule has 120 valence electrons. The molecule has 2 heteroatoms. The van der Waals surface area contributed by atoms with Crippen molar-refractivity contribution in [2.75, 3.05) is 13.1 Å². The number of hydrogen-bond acceptors (Lipinski definition) is 2. The molecule has 0 heterocycles. The van der Waals surface area contributed by atoms with E-state index in [2.05, 4.69) is 67.3 Å². The largest absolute Gasteiger partial charge is 0.372 e. The van der Waals surface area contributed by atoms with Gasteiger partial charge in [0.15, 0.2) is 5.78 Å². The SMILES string of the molecule is CCN(CC)C1=CCC(=O)c2c1c1ccccc1c1ccccc21. The van der Waals surface area contributed by atoms with Gasteiger partial charge in [0, 0.05) is 36.3 Å². The molecule has 1 aliphatic carbocycles. The molecule has 0 saturated carbocycles. The summed E-state index contributed by atoms with van der Waals surface area (Å²) in [7, 11) is 0. The fourth-order valence-corrected chi connectivity index (χ4v) is 3.94. The van der Waals surface area contributed by atoms with Gasteiger partial charge < -0.3 is 4.90 Å². The van der Waals surface area contributed by atoms with Crippen LogP contribution in [0.1, 0.15) is 36.2 Å². The first-order valence-corrected chi connectivity index (χ1v) is 8.68. The molecular formula is C22H21NO. The van der Waals surface area contributed by atoms with Crippen molar-refractivity contribution < 1.29 is 4.79 Å². The first-order chi connectivity index (χ1) is 11.8. The van der Waals surface area contributed by atoms with Crippen LogP contribution in [0.25, 0.3) is 27.2 Å². The topological polar surface area (TPSA) is 20.3 Å². The van der Waals surface area contributed by atoms with E-state index in [1.807, 2.05) is 6.07 Å². The van der Waals surface area contributed by atoms with Crippen molar-refractivity contribution in [3.63, 3.8) is 0 Å². The van der Waals surface area contributed by atoms with Crippen molar-refractivity contribution in [2.24, 2.45) is 0 Å². The highest BCUT2D eigenvalue weighted by Crippen LogP contribution is 2.40. The third-order valence-electron chi connectivity index (χ3n) is 5.05. The summed E-state index contributed by atoms with van der Waals surface area (Å²) in [5, 5.41) is 4.65. The maximum atomic E-state index is 12.8. The molecule has 0 radical (unpaired) electrons. The monoisotopic (exact) mass is 315 g/mol. The quantitative estimate of drug-likeness (QED) is 0.614. The second-order valence-electron chi connectivity index (χ2n) is 6.23. The molecule has 0 unspecified atom stereocenters. The van der Waals surface area contributed by atoms with E-state index in [1.54, 1.807) is 0 Å². The minimum absolute atomic E-state index is 0.225.